The van der Waals surface area contributed by atoms with Crippen LogP contribution in [0.25, 0.3) is 11.0 Å². The smallest absolute Gasteiger partial charge is 0.198 e. The Morgan fingerprint density at radius 1 is 1.32 bits per heavy atom. The summed E-state index contributed by atoms with van der Waals surface area (Å²) < 4.78 is 32.1. The van der Waals surface area contributed by atoms with Crippen LogP contribution < -0.4 is 0 Å². The van der Waals surface area contributed by atoms with Crippen LogP contribution in [0.5, 0.6) is 0 Å². The lowest BCUT2D eigenvalue weighted by atomic mass is 9.92. The van der Waals surface area contributed by atoms with Gasteiger partial charge < -0.3 is 9.72 Å². The lowest BCUT2D eigenvalue weighted by Gasteiger charge is -2.29. The van der Waals surface area contributed by atoms with Gasteiger partial charge in [-0.3, -0.25) is 9.19 Å². The summed E-state index contributed by atoms with van der Waals surface area (Å²) in [6, 6.07) is 6.34. The molecule has 0 saturated carbocycles. The average molecular weight is 359 g/mol. The van der Waals surface area contributed by atoms with Crippen LogP contribution in [0.2, 0.25) is 0 Å². The van der Waals surface area contributed by atoms with E-state index in [9.17, 15) is 8.60 Å². The molecule has 130 valence electrons. The highest BCUT2D eigenvalue weighted by atomic mass is 32.2. The second-order valence-corrected chi connectivity index (χ2v) is 7.83. The largest absolute Gasteiger partial charge is 0.377 e. The number of methoxy groups -OCH3 is 1. The molecule has 0 spiro atoms. The standard InChI is InChI=1S/C18H18FN3O2S/c1-10-7-12-15(24-2)5-6-16(17(12)20-9-10)25(23)18-21-13-4-3-11(19)8-14(13)22-18/h3-4,7-9,15-16H,5-6H2,1-2H3,(H,21,22). The molecule has 1 N–H and O–H groups in total. The summed E-state index contributed by atoms with van der Waals surface area (Å²) in [5, 5.41) is 0.0993. The summed E-state index contributed by atoms with van der Waals surface area (Å²) >= 11 is 0. The van der Waals surface area contributed by atoms with E-state index < -0.39 is 10.8 Å². The number of hydrogen-bond acceptors (Lipinski definition) is 4. The molecule has 5 nitrogen and oxygen atoms in total. The number of halogens is 1. The Labute approximate surface area is 147 Å². The van der Waals surface area contributed by atoms with Crippen molar-refractivity contribution in [3.8, 4) is 0 Å². The average Bonchev–Trinajstić information content (AvgIpc) is 3.03. The van der Waals surface area contributed by atoms with Crippen LogP contribution in [0.3, 0.4) is 0 Å². The van der Waals surface area contributed by atoms with Gasteiger partial charge in [0.15, 0.2) is 5.16 Å². The third-order valence-electron chi connectivity index (χ3n) is 4.58. The van der Waals surface area contributed by atoms with Crippen LogP contribution in [-0.2, 0) is 15.5 Å². The number of nitrogens with zero attached hydrogens (tertiary/aromatic N) is 2. The molecular formula is C18H18FN3O2S. The molecule has 3 unspecified atom stereocenters. The number of rotatable bonds is 3. The molecule has 1 aliphatic rings. The first kappa shape index (κ1) is 16.4. The van der Waals surface area contributed by atoms with Crippen molar-refractivity contribution < 1.29 is 13.3 Å². The quantitative estimate of drug-likeness (QED) is 0.774. The third-order valence-corrected chi connectivity index (χ3v) is 6.14. The number of hydrogen-bond donors (Lipinski definition) is 1. The number of imidazole rings is 1. The predicted octanol–water partition coefficient (Wildman–Crippen LogP) is 3.74. The molecule has 0 fully saturated rings. The lowest BCUT2D eigenvalue weighted by molar-refractivity contribution is 0.0867. The van der Waals surface area contributed by atoms with Crippen LogP contribution in [0.15, 0.2) is 35.6 Å². The van der Waals surface area contributed by atoms with E-state index >= 15 is 0 Å². The third kappa shape index (κ3) is 2.87. The molecule has 0 amide bonds. The number of aromatic nitrogens is 3. The van der Waals surface area contributed by atoms with Crippen molar-refractivity contribution in [3.05, 3.63) is 53.1 Å². The predicted molar refractivity (Wildman–Crippen MR) is 93.2 cm³/mol. The Hall–Kier alpha value is -2.12. The molecule has 2 aromatic heterocycles. The topological polar surface area (TPSA) is 67.9 Å². The molecule has 4 rings (SSSR count). The van der Waals surface area contributed by atoms with Gasteiger partial charge in [0.1, 0.15) is 5.82 Å². The highest BCUT2D eigenvalue weighted by Crippen LogP contribution is 2.41. The SMILES string of the molecule is COC1CCC(S(=O)c2nc3ccc(F)cc3[nH]2)c2ncc(C)cc21. The second-order valence-electron chi connectivity index (χ2n) is 6.28. The number of H-pyrrole nitrogens is 1. The van der Waals surface area contributed by atoms with Crippen LogP contribution in [0.1, 0.15) is 41.0 Å². The molecule has 3 aromatic rings. The van der Waals surface area contributed by atoms with Crippen LogP contribution in [0.4, 0.5) is 4.39 Å². The van der Waals surface area contributed by atoms with E-state index in [-0.39, 0.29) is 17.2 Å². The zero-order valence-electron chi connectivity index (χ0n) is 14.0. The second kappa shape index (κ2) is 6.31. The van der Waals surface area contributed by atoms with Gasteiger partial charge in [-0.25, -0.2) is 9.37 Å². The lowest BCUT2D eigenvalue weighted by Crippen LogP contribution is -2.21. The molecule has 3 atom stereocenters. The number of aryl methyl sites for hydroxylation is 1. The van der Waals surface area contributed by atoms with Gasteiger partial charge in [-0.15, -0.1) is 0 Å². The first-order valence-corrected chi connectivity index (χ1v) is 9.33. The minimum Gasteiger partial charge on any atom is -0.377 e. The van der Waals surface area contributed by atoms with E-state index in [0.29, 0.717) is 22.6 Å². The van der Waals surface area contributed by atoms with E-state index in [1.807, 2.05) is 13.0 Å². The van der Waals surface area contributed by atoms with Crippen molar-refractivity contribution in [1.82, 2.24) is 15.0 Å². The maximum Gasteiger partial charge on any atom is 0.198 e. The summed E-state index contributed by atoms with van der Waals surface area (Å²) in [6.45, 7) is 1.98. The highest BCUT2D eigenvalue weighted by molar-refractivity contribution is 7.85. The molecule has 0 saturated heterocycles. The van der Waals surface area contributed by atoms with Crippen molar-refractivity contribution in [2.45, 2.75) is 36.3 Å². The van der Waals surface area contributed by atoms with Crippen molar-refractivity contribution in [2.75, 3.05) is 7.11 Å². The summed E-state index contributed by atoms with van der Waals surface area (Å²) in [7, 11) is 0.281. The number of benzene rings is 1. The highest BCUT2D eigenvalue weighted by Gasteiger charge is 2.34. The van der Waals surface area contributed by atoms with E-state index in [2.05, 4.69) is 15.0 Å². The number of aromatic amines is 1. The summed E-state index contributed by atoms with van der Waals surface area (Å²) in [6.07, 6.45) is 3.23. The maximum atomic E-state index is 13.4. The van der Waals surface area contributed by atoms with Crippen LogP contribution in [0, 0.1) is 12.7 Å². The fourth-order valence-corrected chi connectivity index (χ4v) is 4.78. The molecule has 1 aromatic carbocycles. The number of fused-ring (bicyclic) bond motifs is 2. The van der Waals surface area contributed by atoms with Crippen molar-refractivity contribution in [1.29, 1.82) is 0 Å². The Balaban J connectivity index is 1.74. The molecule has 7 heteroatoms. The minimum atomic E-state index is -1.40. The number of nitrogens with one attached hydrogen (secondary N) is 1. The van der Waals surface area contributed by atoms with Gasteiger partial charge in [0.05, 0.1) is 38.9 Å². The van der Waals surface area contributed by atoms with Crippen LogP contribution in [-0.4, -0.2) is 26.3 Å². The normalized spacial score (nSPS) is 21.2. The van der Waals surface area contributed by atoms with Gasteiger partial charge in [-0.2, -0.15) is 0 Å². The number of pyridine rings is 1. The zero-order valence-corrected chi connectivity index (χ0v) is 14.8. The van der Waals surface area contributed by atoms with E-state index in [4.69, 9.17) is 4.74 Å². The van der Waals surface area contributed by atoms with E-state index in [1.165, 1.54) is 12.1 Å². The molecule has 2 heterocycles. The monoisotopic (exact) mass is 359 g/mol. The molecule has 0 bridgehead atoms. The fourth-order valence-electron chi connectivity index (χ4n) is 3.37. The Morgan fingerprint density at radius 3 is 2.96 bits per heavy atom. The van der Waals surface area contributed by atoms with Crippen molar-refractivity contribution >= 4 is 21.8 Å². The maximum absolute atomic E-state index is 13.4. The fraction of sp³-hybridized carbons (Fsp3) is 0.333. The first-order valence-electron chi connectivity index (χ1n) is 8.12. The molecule has 0 radical (unpaired) electrons. The molecular weight excluding hydrogens is 341 g/mol. The van der Waals surface area contributed by atoms with Crippen LogP contribution >= 0.6 is 0 Å². The van der Waals surface area contributed by atoms with Gasteiger partial charge in [-0.05, 0) is 43.5 Å². The van der Waals surface area contributed by atoms with Gasteiger partial charge in [-0.1, -0.05) is 6.07 Å². The zero-order chi connectivity index (χ0) is 17.6. The van der Waals surface area contributed by atoms with Gasteiger partial charge in [0.25, 0.3) is 0 Å². The Kier molecular flexibility index (Phi) is 4.13. The first-order chi connectivity index (χ1) is 12.1. The summed E-state index contributed by atoms with van der Waals surface area (Å²) in [5.41, 5.74) is 3.99. The van der Waals surface area contributed by atoms with E-state index in [1.54, 1.807) is 19.4 Å². The molecule has 0 aliphatic heterocycles. The van der Waals surface area contributed by atoms with Gasteiger partial charge in [0.2, 0.25) is 0 Å². The Bertz CT molecular complexity index is 972. The minimum absolute atomic E-state index is 0.0274. The molecule has 25 heavy (non-hydrogen) atoms. The molecule has 1 aliphatic carbocycles. The van der Waals surface area contributed by atoms with Gasteiger partial charge >= 0.3 is 0 Å². The Morgan fingerprint density at radius 2 is 2.16 bits per heavy atom. The van der Waals surface area contributed by atoms with Crippen molar-refractivity contribution in [3.63, 3.8) is 0 Å². The van der Waals surface area contributed by atoms with Crippen molar-refractivity contribution in [2.24, 2.45) is 0 Å². The summed E-state index contributed by atoms with van der Waals surface area (Å²) in [4.78, 5) is 11.9. The van der Waals surface area contributed by atoms with Gasteiger partial charge in [0, 0.05) is 18.9 Å². The van der Waals surface area contributed by atoms with E-state index in [0.717, 1.165) is 23.2 Å². The number of ether oxygens (including phenoxy) is 1. The summed E-state index contributed by atoms with van der Waals surface area (Å²) in [5.74, 6) is -0.350.